The summed E-state index contributed by atoms with van der Waals surface area (Å²) in [4.78, 5) is 37.3. The average Bonchev–Trinajstić information content (AvgIpc) is 2.79. The van der Waals surface area contributed by atoms with Crippen molar-refractivity contribution in [2.24, 2.45) is 5.41 Å². The van der Waals surface area contributed by atoms with Crippen LogP contribution in [0.25, 0.3) is 0 Å². The monoisotopic (exact) mass is 468 g/mol. The predicted molar refractivity (Wildman–Crippen MR) is 117 cm³/mol. The minimum absolute atomic E-state index is 0.0434. The first-order valence-electron chi connectivity index (χ1n) is 11.2. The number of esters is 3. The molecule has 2 rings (SSSR count). The normalized spacial score (nSPS) is 20.2. The van der Waals surface area contributed by atoms with Gasteiger partial charge in [0, 0.05) is 12.1 Å². The molecule has 1 aliphatic carbocycles. The fourth-order valence-electron chi connectivity index (χ4n) is 3.76. The Bertz CT molecular complexity index is 843. The molecule has 0 saturated heterocycles. The molecule has 1 fully saturated rings. The van der Waals surface area contributed by atoms with Crippen molar-refractivity contribution in [1.82, 2.24) is 0 Å². The average molecular weight is 469 g/mol. The van der Waals surface area contributed by atoms with Crippen LogP contribution in [0.3, 0.4) is 0 Å². The molecule has 1 aromatic carbocycles. The number of hydrogen-bond acceptors (Lipinski definition) is 8. The van der Waals surface area contributed by atoms with Crippen LogP contribution >= 0.6 is 0 Å². The molecule has 0 N–H and O–H groups in total. The van der Waals surface area contributed by atoms with Gasteiger partial charge in [0.05, 0.1) is 33.0 Å². The number of carbonyl (C=O) groups excluding carboxylic acids is 3. The second-order valence-corrected chi connectivity index (χ2v) is 8.32. The second-order valence-electron chi connectivity index (χ2n) is 8.32. The Kier molecular flexibility index (Phi) is 9.49. The van der Waals surface area contributed by atoms with Gasteiger partial charge < -0.3 is 23.7 Å². The summed E-state index contributed by atoms with van der Waals surface area (Å²) in [6.07, 6.45) is 1.71. The van der Waals surface area contributed by atoms with Crippen molar-refractivity contribution < 1.29 is 42.5 Å². The molecule has 8 nitrogen and oxygen atoms in total. The highest BCUT2D eigenvalue weighted by Crippen LogP contribution is 2.41. The Morgan fingerprint density at radius 3 is 2.27 bits per heavy atom. The van der Waals surface area contributed by atoms with Gasteiger partial charge in [-0.25, -0.2) is 9.18 Å². The van der Waals surface area contributed by atoms with Gasteiger partial charge in [-0.1, -0.05) is 13.3 Å². The van der Waals surface area contributed by atoms with Crippen LogP contribution in [0.5, 0.6) is 11.5 Å². The quantitative estimate of drug-likeness (QED) is 0.218. The highest BCUT2D eigenvalue weighted by Gasteiger charge is 2.51. The first-order chi connectivity index (χ1) is 15.7. The van der Waals surface area contributed by atoms with Crippen molar-refractivity contribution in [3.63, 3.8) is 0 Å². The lowest BCUT2D eigenvalue weighted by Crippen LogP contribution is -2.46. The fraction of sp³-hybridized carbons (Fsp3) is 0.625. The summed E-state index contributed by atoms with van der Waals surface area (Å²) in [6, 6.07) is 2.34. The lowest BCUT2D eigenvalue weighted by atomic mass is 9.73. The molecule has 0 unspecified atom stereocenters. The van der Waals surface area contributed by atoms with Gasteiger partial charge in [0.15, 0.2) is 17.0 Å². The summed E-state index contributed by atoms with van der Waals surface area (Å²) in [7, 11) is 2.45. The van der Waals surface area contributed by atoms with Crippen molar-refractivity contribution in [2.45, 2.75) is 71.5 Å². The second kappa shape index (κ2) is 11.9. The zero-order valence-corrected chi connectivity index (χ0v) is 19.9. The topological polar surface area (TPSA) is 97.4 Å². The number of carbonyl (C=O) groups is 3. The maximum atomic E-state index is 14.7. The molecule has 33 heavy (non-hydrogen) atoms. The highest BCUT2D eigenvalue weighted by atomic mass is 19.1. The number of benzene rings is 1. The van der Waals surface area contributed by atoms with Gasteiger partial charge in [0.25, 0.3) is 0 Å². The third-order valence-corrected chi connectivity index (χ3v) is 5.58. The molecule has 0 bridgehead atoms. The first kappa shape index (κ1) is 26.4. The largest absolute Gasteiger partial charge is 0.490 e. The molecule has 0 amide bonds. The molecule has 0 spiro atoms. The molecular formula is C24H33FO8. The third kappa shape index (κ3) is 6.36. The smallest absolute Gasteiger partial charge is 0.341 e. The third-order valence-electron chi connectivity index (χ3n) is 5.58. The molecule has 0 aromatic heterocycles. The van der Waals surface area contributed by atoms with Gasteiger partial charge in [-0.05, 0) is 46.0 Å². The lowest BCUT2D eigenvalue weighted by molar-refractivity contribution is -0.174. The zero-order chi connectivity index (χ0) is 24.6. The summed E-state index contributed by atoms with van der Waals surface area (Å²) >= 11 is 0. The van der Waals surface area contributed by atoms with E-state index in [1.165, 1.54) is 20.3 Å². The zero-order valence-electron chi connectivity index (χ0n) is 19.9. The van der Waals surface area contributed by atoms with E-state index in [1.807, 2.05) is 6.92 Å². The van der Waals surface area contributed by atoms with E-state index in [0.717, 1.165) is 12.5 Å². The van der Waals surface area contributed by atoms with Crippen LogP contribution in [-0.2, 0) is 23.8 Å². The van der Waals surface area contributed by atoms with Crippen LogP contribution < -0.4 is 9.47 Å². The molecule has 9 heteroatoms. The molecule has 0 aliphatic heterocycles. The van der Waals surface area contributed by atoms with Crippen molar-refractivity contribution in [2.75, 3.05) is 20.8 Å². The van der Waals surface area contributed by atoms with E-state index in [1.54, 1.807) is 13.8 Å². The van der Waals surface area contributed by atoms with E-state index >= 15 is 0 Å². The van der Waals surface area contributed by atoms with Crippen LogP contribution in [0, 0.1) is 11.2 Å². The maximum absolute atomic E-state index is 14.7. The van der Waals surface area contributed by atoms with E-state index in [0.29, 0.717) is 19.3 Å². The van der Waals surface area contributed by atoms with Crippen LogP contribution in [0.1, 0.15) is 69.7 Å². The summed E-state index contributed by atoms with van der Waals surface area (Å²) in [5.74, 6) is -2.69. The van der Waals surface area contributed by atoms with E-state index in [2.05, 4.69) is 0 Å². The number of hydrogen-bond donors (Lipinski definition) is 0. The standard InChI is InChI=1S/C24H33FO8/c1-6-7-12-31-23(28)24(22(27)30-5)10-8-16(9-11-24)33-20-13-17(21(26)29-4)19(14-18(20)25)32-15(2)3/h13-16H,6-12H2,1-5H3. The Hall–Kier alpha value is -2.84. The SMILES string of the molecule is CCCCOC(=O)C1(C(=O)OC)CCC(Oc2cc(C(=O)OC)c(OC(C)C)cc2F)CC1. The van der Waals surface area contributed by atoms with Gasteiger partial charge >= 0.3 is 17.9 Å². The number of methoxy groups -OCH3 is 2. The summed E-state index contributed by atoms with van der Waals surface area (Å²) in [5, 5.41) is 0. The Morgan fingerprint density at radius 1 is 1.06 bits per heavy atom. The van der Waals surface area contributed by atoms with Crippen molar-refractivity contribution in [1.29, 1.82) is 0 Å². The Morgan fingerprint density at radius 2 is 1.73 bits per heavy atom. The van der Waals surface area contributed by atoms with Crippen LogP contribution in [0.4, 0.5) is 4.39 Å². The van der Waals surface area contributed by atoms with Gasteiger partial charge in [-0.15, -0.1) is 0 Å². The number of unbranched alkanes of at least 4 members (excludes halogenated alkanes) is 1. The van der Waals surface area contributed by atoms with Crippen LogP contribution in [0.15, 0.2) is 12.1 Å². The van der Waals surface area contributed by atoms with Crippen LogP contribution in [-0.4, -0.2) is 50.9 Å². The van der Waals surface area contributed by atoms with Crippen LogP contribution in [0.2, 0.25) is 0 Å². The molecule has 0 atom stereocenters. The van der Waals surface area contributed by atoms with E-state index in [-0.39, 0.29) is 42.6 Å². The first-order valence-corrected chi connectivity index (χ1v) is 11.2. The number of rotatable bonds is 10. The van der Waals surface area contributed by atoms with E-state index < -0.39 is 35.2 Å². The fourth-order valence-corrected chi connectivity index (χ4v) is 3.76. The van der Waals surface area contributed by atoms with Gasteiger partial charge in [0.2, 0.25) is 0 Å². The Labute approximate surface area is 193 Å². The Balaban J connectivity index is 2.18. The summed E-state index contributed by atoms with van der Waals surface area (Å²) in [6.45, 7) is 5.72. The van der Waals surface area contributed by atoms with Gasteiger partial charge in [-0.3, -0.25) is 9.59 Å². The summed E-state index contributed by atoms with van der Waals surface area (Å²) < 4.78 is 41.1. The molecule has 1 aromatic rings. The maximum Gasteiger partial charge on any atom is 0.341 e. The minimum Gasteiger partial charge on any atom is -0.490 e. The van der Waals surface area contributed by atoms with Gasteiger partial charge in [0.1, 0.15) is 11.3 Å². The predicted octanol–water partition coefficient (Wildman–Crippen LogP) is 4.22. The highest BCUT2D eigenvalue weighted by molar-refractivity contribution is 6.00. The van der Waals surface area contributed by atoms with E-state index in [9.17, 15) is 18.8 Å². The number of halogens is 1. The van der Waals surface area contributed by atoms with E-state index in [4.69, 9.17) is 23.7 Å². The molecule has 184 valence electrons. The molecule has 1 saturated carbocycles. The minimum atomic E-state index is -1.40. The molecule has 0 radical (unpaired) electrons. The molecule has 1 aliphatic rings. The summed E-state index contributed by atoms with van der Waals surface area (Å²) in [5.41, 5.74) is -1.35. The number of ether oxygens (including phenoxy) is 5. The molecule has 0 heterocycles. The molecular weight excluding hydrogens is 435 g/mol. The van der Waals surface area contributed by atoms with Crippen molar-refractivity contribution in [3.8, 4) is 11.5 Å². The van der Waals surface area contributed by atoms with Crippen molar-refractivity contribution >= 4 is 17.9 Å². The lowest BCUT2D eigenvalue weighted by Gasteiger charge is -2.35. The van der Waals surface area contributed by atoms with Gasteiger partial charge in [-0.2, -0.15) is 0 Å². The van der Waals surface area contributed by atoms with Crippen molar-refractivity contribution in [3.05, 3.63) is 23.5 Å².